The zero-order valence-electron chi connectivity index (χ0n) is 19.9. The second-order valence-electron chi connectivity index (χ2n) is 8.05. The summed E-state index contributed by atoms with van der Waals surface area (Å²) < 4.78 is 10.4. The van der Waals surface area contributed by atoms with Gasteiger partial charge in [-0.25, -0.2) is 20.4 Å². The van der Waals surface area contributed by atoms with Gasteiger partial charge in [-0.1, -0.05) is 11.2 Å². The van der Waals surface area contributed by atoms with Gasteiger partial charge in [-0.3, -0.25) is 4.79 Å². The summed E-state index contributed by atoms with van der Waals surface area (Å²) in [6, 6.07) is 9.15. The van der Waals surface area contributed by atoms with E-state index in [1.54, 1.807) is 30.4 Å². The molecule has 3 aromatic heterocycles. The molecule has 0 saturated carbocycles. The van der Waals surface area contributed by atoms with Crippen LogP contribution < -0.4 is 10.7 Å². The van der Waals surface area contributed by atoms with E-state index in [1.807, 2.05) is 31.4 Å². The molecule has 4 N–H and O–H groups in total. The molecule has 5 rings (SSSR count). The van der Waals surface area contributed by atoms with E-state index < -0.39 is 12.3 Å². The Hall–Kier alpha value is -3.91. The van der Waals surface area contributed by atoms with E-state index in [-0.39, 0.29) is 19.1 Å². The van der Waals surface area contributed by atoms with Crippen LogP contribution in [0.3, 0.4) is 0 Å². The van der Waals surface area contributed by atoms with Gasteiger partial charge in [0, 0.05) is 39.1 Å². The molecular formula is C23H28N8O5. The Labute approximate surface area is 207 Å². The van der Waals surface area contributed by atoms with E-state index >= 15 is 0 Å². The number of pyridine rings is 1. The van der Waals surface area contributed by atoms with E-state index in [4.69, 9.17) is 19.5 Å². The molecule has 2 atom stereocenters. The number of likely N-dealkylation sites (N-methyl/N-ethyl adjacent to an activating group) is 1. The van der Waals surface area contributed by atoms with Crippen molar-refractivity contribution in [2.45, 2.75) is 18.8 Å². The number of nitrogens with one attached hydrogen (secondary N) is 2. The Morgan fingerprint density at radius 2 is 1.94 bits per heavy atom. The van der Waals surface area contributed by atoms with Crippen molar-refractivity contribution in [1.82, 2.24) is 35.4 Å². The van der Waals surface area contributed by atoms with Crippen molar-refractivity contribution < 1.29 is 24.3 Å². The zero-order valence-corrected chi connectivity index (χ0v) is 19.9. The van der Waals surface area contributed by atoms with Gasteiger partial charge in [0.05, 0.1) is 36.0 Å². The van der Waals surface area contributed by atoms with Gasteiger partial charge in [-0.05, 0) is 24.6 Å². The summed E-state index contributed by atoms with van der Waals surface area (Å²) in [5.41, 5.74) is 6.53. The molecule has 0 radical (unpaired) electrons. The van der Waals surface area contributed by atoms with E-state index in [9.17, 15) is 4.79 Å². The molecule has 2 aliphatic heterocycles. The van der Waals surface area contributed by atoms with Gasteiger partial charge in [0.1, 0.15) is 18.1 Å². The molecule has 0 aliphatic carbocycles. The quantitative estimate of drug-likeness (QED) is 0.358. The molecule has 1 amide bonds. The van der Waals surface area contributed by atoms with Crippen LogP contribution in [0.4, 0.5) is 5.95 Å². The number of ether oxygens (including phenoxy) is 1. The van der Waals surface area contributed by atoms with Crippen LogP contribution in [0.15, 0.2) is 59.2 Å². The number of likely N-dealkylation sites (tertiary alicyclic amines) is 1. The highest BCUT2D eigenvalue weighted by atomic mass is 16.5. The van der Waals surface area contributed by atoms with Crippen LogP contribution in [-0.2, 0) is 9.53 Å². The molecule has 13 heteroatoms. The topological polar surface area (TPSA) is 162 Å². The molecule has 1 fully saturated rings. The SMILES string of the molecule is CN1C=C(Nc2nccc(-c3cccc(-c4ccon4)n3)n2)C(OCCO)N1.CN1CCC(O)C1=O. The van der Waals surface area contributed by atoms with Crippen LogP contribution in [0, 0.1) is 0 Å². The summed E-state index contributed by atoms with van der Waals surface area (Å²) in [6.45, 7) is 0.846. The number of aromatic nitrogens is 4. The number of hydrogen-bond donors (Lipinski definition) is 4. The first kappa shape index (κ1) is 25.2. The van der Waals surface area contributed by atoms with Crippen molar-refractivity contribution in [1.29, 1.82) is 0 Å². The number of amides is 1. The normalized spacial score (nSPS) is 19.2. The largest absolute Gasteiger partial charge is 0.394 e. The minimum Gasteiger partial charge on any atom is -0.394 e. The van der Waals surface area contributed by atoms with Gasteiger partial charge in [-0.2, -0.15) is 0 Å². The summed E-state index contributed by atoms with van der Waals surface area (Å²) in [6.07, 6.45) is 4.45. The molecule has 36 heavy (non-hydrogen) atoms. The lowest BCUT2D eigenvalue weighted by Crippen LogP contribution is -2.37. The van der Waals surface area contributed by atoms with Crippen molar-refractivity contribution in [3.05, 3.63) is 54.7 Å². The van der Waals surface area contributed by atoms with Gasteiger partial charge in [0.2, 0.25) is 5.95 Å². The average molecular weight is 497 g/mol. The van der Waals surface area contributed by atoms with Crippen molar-refractivity contribution in [2.75, 3.05) is 39.2 Å². The monoisotopic (exact) mass is 496 g/mol. The highest BCUT2D eigenvalue weighted by Gasteiger charge is 2.26. The number of hydrogen-bond acceptors (Lipinski definition) is 12. The Morgan fingerprint density at radius 3 is 2.58 bits per heavy atom. The summed E-state index contributed by atoms with van der Waals surface area (Å²) in [7, 11) is 3.54. The van der Waals surface area contributed by atoms with Gasteiger partial charge in [-0.15, -0.1) is 0 Å². The van der Waals surface area contributed by atoms with Crippen LogP contribution in [0.25, 0.3) is 22.8 Å². The van der Waals surface area contributed by atoms with Crippen LogP contribution in [0.2, 0.25) is 0 Å². The molecule has 0 aromatic carbocycles. The second-order valence-corrected chi connectivity index (χ2v) is 8.05. The van der Waals surface area contributed by atoms with Crippen molar-refractivity contribution >= 4 is 11.9 Å². The van der Waals surface area contributed by atoms with Gasteiger partial charge >= 0.3 is 0 Å². The van der Waals surface area contributed by atoms with Gasteiger partial charge in [0.25, 0.3) is 5.91 Å². The first-order valence-corrected chi connectivity index (χ1v) is 11.3. The predicted molar refractivity (Wildman–Crippen MR) is 128 cm³/mol. The van der Waals surface area contributed by atoms with Crippen molar-refractivity contribution in [3.8, 4) is 22.8 Å². The van der Waals surface area contributed by atoms with E-state index in [1.165, 1.54) is 11.2 Å². The van der Waals surface area contributed by atoms with Crippen molar-refractivity contribution in [3.63, 3.8) is 0 Å². The van der Waals surface area contributed by atoms with Crippen LogP contribution >= 0.6 is 0 Å². The van der Waals surface area contributed by atoms with E-state index in [2.05, 4.69) is 30.9 Å². The Balaban J connectivity index is 0.000000325. The zero-order chi connectivity index (χ0) is 25.5. The second kappa shape index (κ2) is 11.7. The molecule has 3 aromatic rings. The molecule has 0 spiro atoms. The van der Waals surface area contributed by atoms with Gasteiger partial charge < -0.3 is 34.7 Å². The minimum atomic E-state index is -0.722. The maximum atomic E-state index is 10.6. The number of carbonyl (C=O) groups excluding carboxylic acids is 1. The highest BCUT2D eigenvalue weighted by Crippen LogP contribution is 2.22. The average Bonchev–Trinajstić information content (AvgIpc) is 3.62. The summed E-state index contributed by atoms with van der Waals surface area (Å²) >= 11 is 0. The Morgan fingerprint density at radius 1 is 1.17 bits per heavy atom. The standard InChI is InChI=1S/C18H19N7O3.C5H9NO2/c1-25-11-16(17(23-25)27-10-8-26)22-18-19-7-5-14(21-18)12-3-2-4-13(20-12)15-6-9-28-24-15;1-6-3-2-4(7)5(6)8/h2-7,9,11,17,23,26H,8,10H2,1H3,(H,19,21,22);4,7H,2-3H2,1H3. The number of rotatable bonds is 7. The third-order valence-corrected chi connectivity index (χ3v) is 5.33. The number of nitrogens with zero attached hydrogens (tertiary/aromatic N) is 6. The van der Waals surface area contributed by atoms with Crippen LogP contribution in [-0.4, -0.2) is 92.3 Å². The number of hydrazine groups is 1. The summed E-state index contributed by atoms with van der Waals surface area (Å²) in [5, 5.41) is 26.6. The van der Waals surface area contributed by atoms with Crippen molar-refractivity contribution in [2.24, 2.45) is 0 Å². The summed E-state index contributed by atoms with van der Waals surface area (Å²) in [5.74, 6) is 0.261. The molecular weight excluding hydrogens is 468 g/mol. The Kier molecular flexibility index (Phi) is 8.17. The number of anilines is 1. The van der Waals surface area contributed by atoms with Gasteiger partial charge in [0.15, 0.2) is 6.23 Å². The first-order chi connectivity index (χ1) is 17.4. The van der Waals surface area contributed by atoms with Crippen LogP contribution in [0.5, 0.6) is 0 Å². The molecule has 13 nitrogen and oxygen atoms in total. The maximum Gasteiger partial charge on any atom is 0.251 e. The third kappa shape index (κ3) is 6.20. The lowest BCUT2D eigenvalue weighted by molar-refractivity contribution is -0.133. The number of aliphatic hydroxyl groups is 2. The van der Waals surface area contributed by atoms with E-state index in [0.29, 0.717) is 41.7 Å². The summed E-state index contributed by atoms with van der Waals surface area (Å²) in [4.78, 5) is 25.5. The highest BCUT2D eigenvalue weighted by molar-refractivity contribution is 5.82. The molecule has 5 heterocycles. The third-order valence-electron chi connectivity index (χ3n) is 5.33. The number of carbonyl (C=O) groups is 1. The molecule has 0 bridgehead atoms. The fourth-order valence-electron chi connectivity index (χ4n) is 3.52. The minimum absolute atomic E-state index is 0.0608. The predicted octanol–water partition coefficient (Wildman–Crippen LogP) is 0.441. The molecule has 2 unspecified atom stereocenters. The Bertz CT molecular complexity index is 1180. The first-order valence-electron chi connectivity index (χ1n) is 11.3. The van der Waals surface area contributed by atoms with E-state index in [0.717, 1.165) is 5.70 Å². The molecule has 1 saturated heterocycles. The van der Waals surface area contributed by atoms with Crippen LogP contribution in [0.1, 0.15) is 6.42 Å². The fourth-order valence-corrected chi connectivity index (χ4v) is 3.52. The molecule has 2 aliphatic rings. The molecule has 190 valence electrons. The smallest absolute Gasteiger partial charge is 0.251 e. The lowest BCUT2D eigenvalue weighted by atomic mass is 10.2. The number of aliphatic hydroxyl groups excluding tert-OH is 2. The fraction of sp³-hybridized carbons (Fsp3) is 0.348. The lowest BCUT2D eigenvalue weighted by Gasteiger charge is -2.17. The maximum absolute atomic E-state index is 10.6.